The zero-order valence-corrected chi connectivity index (χ0v) is 16.5. The van der Waals surface area contributed by atoms with Gasteiger partial charge in [-0.1, -0.05) is 6.92 Å². The number of anilines is 1. The third kappa shape index (κ3) is 4.09. The van der Waals surface area contributed by atoms with E-state index in [2.05, 4.69) is 31.4 Å². The van der Waals surface area contributed by atoms with Crippen LogP contribution in [-0.4, -0.2) is 38.5 Å². The van der Waals surface area contributed by atoms with Crippen molar-refractivity contribution in [2.24, 2.45) is 5.92 Å². The molecule has 2 rings (SSSR count). The molecule has 136 valence electrons. The number of hydrogen-bond acceptors (Lipinski definition) is 5. The first-order chi connectivity index (χ1) is 11.8. The molecule has 1 N–H and O–H groups in total. The van der Waals surface area contributed by atoms with Crippen LogP contribution in [0.15, 0.2) is 10.7 Å². The Morgan fingerprint density at radius 1 is 1.36 bits per heavy atom. The third-order valence-corrected chi connectivity index (χ3v) is 5.06. The summed E-state index contributed by atoms with van der Waals surface area (Å²) in [5.41, 5.74) is 2.28. The maximum Gasteiger partial charge on any atom is 0.360 e. The van der Waals surface area contributed by atoms with E-state index in [1.54, 1.807) is 15.6 Å². The number of halogens is 1. The third-order valence-electron chi connectivity index (χ3n) is 3.91. The van der Waals surface area contributed by atoms with Gasteiger partial charge in [-0.2, -0.15) is 10.2 Å². The summed E-state index contributed by atoms with van der Waals surface area (Å²) in [7, 11) is 1.28. The molecule has 0 radical (unpaired) electrons. The molecule has 0 aromatic carbocycles. The number of rotatable bonds is 6. The molecule has 0 spiro atoms. The highest BCUT2D eigenvalue weighted by atomic mass is 79.9. The second kappa shape index (κ2) is 7.81. The van der Waals surface area contributed by atoms with E-state index in [-0.39, 0.29) is 17.5 Å². The zero-order valence-electron chi connectivity index (χ0n) is 15.0. The Morgan fingerprint density at radius 3 is 2.56 bits per heavy atom. The topological polar surface area (TPSA) is 91.0 Å². The van der Waals surface area contributed by atoms with Crippen LogP contribution in [-0.2, 0) is 22.6 Å². The summed E-state index contributed by atoms with van der Waals surface area (Å²) in [5, 5.41) is 11.3. The van der Waals surface area contributed by atoms with Gasteiger partial charge < -0.3 is 10.1 Å². The fourth-order valence-corrected chi connectivity index (χ4v) is 2.66. The fourth-order valence-electron chi connectivity index (χ4n) is 2.37. The quantitative estimate of drug-likeness (QED) is 0.737. The molecule has 8 nitrogen and oxygen atoms in total. The number of hydrogen-bond donors (Lipinski definition) is 1. The Bertz CT molecular complexity index is 796. The number of aryl methyl sites for hydroxylation is 2. The summed E-state index contributed by atoms with van der Waals surface area (Å²) in [4.78, 5) is 24.3. The van der Waals surface area contributed by atoms with Crippen molar-refractivity contribution in [2.45, 2.75) is 40.8 Å². The van der Waals surface area contributed by atoms with Gasteiger partial charge in [0.15, 0.2) is 5.69 Å². The van der Waals surface area contributed by atoms with Crippen molar-refractivity contribution in [1.29, 1.82) is 0 Å². The van der Waals surface area contributed by atoms with Gasteiger partial charge in [0.2, 0.25) is 5.91 Å². The van der Waals surface area contributed by atoms with Crippen LogP contribution in [0, 0.1) is 19.8 Å². The predicted molar refractivity (Wildman–Crippen MR) is 96.4 cm³/mol. The lowest BCUT2D eigenvalue weighted by Crippen LogP contribution is -2.26. The Balaban J connectivity index is 2.14. The molecule has 0 aliphatic heterocycles. The van der Waals surface area contributed by atoms with Crippen molar-refractivity contribution < 1.29 is 14.3 Å². The van der Waals surface area contributed by atoms with Gasteiger partial charge in [0.25, 0.3) is 0 Å². The maximum atomic E-state index is 12.5. The molecule has 1 unspecified atom stereocenters. The number of nitrogens with one attached hydrogen (secondary N) is 1. The number of aromatic nitrogens is 4. The van der Waals surface area contributed by atoms with Crippen LogP contribution < -0.4 is 5.32 Å². The predicted octanol–water partition coefficient (Wildman–Crippen LogP) is 2.54. The Labute approximate surface area is 154 Å². The van der Waals surface area contributed by atoms with E-state index in [1.807, 2.05) is 27.7 Å². The van der Waals surface area contributed by atoms with Crippen LogP contribution in [0.25, 0.3) is 0 Å². The molecule has 0 aliphatic rings. The fraction of sp³-hybridized carbons (Fsp3) is 0.500. The second-order valence-corrected chi connectivity index (χ2v) is 6.59. The van der Waals surface area contributed by atoms with Gasteiger partial charge >= 0.3 is 5.97 Å². The van der Waals surface area contributed by atoms with E-state index >= 15 is 0 Å². The lowest BCUT2D eigenvalue weighted by molar-refractivity contribution is -0.119. The minimum Gasteiger partial charge on any atom is -0.464 e. The molecule has 2 aromatic rings. The van der Waals surface area contributed by atoms with Crippen LogP contribution in [0.4, 0.5) is 5.69 Å². The number of nitrogens with zero attached hydrogens (tertiary/aromatic N) is 4. The normalized spacial score (nSPS) is 12.1. The van der Waals surface area contributed by atoms with Crippen molar-refractivity contribution in [3.05, 3.63) is 27.8 Å². The van der Waals surface area contributed by atoms with E-state index in [1.165, 1.54) is 7.11 Å². The van der Waals surface area contributed by atoms with E-state index in [0.717, 1.165) is 15.9 Å². The van der Waals surface area contributed by atoms with Crippen molar-refractivity contribution in [2.75, 3.05) is 12.4 Å². The number of esters is 1. The number of methoxy groups -OCH3 is 1. The highest BCUT2D eigenvalue weighted by Crippen LogP contribution is 2.21. The number of amides is 1. The molecule has 0 aliphatic carbocycles. The smallest absolute Gasteiger partial charge is 0.360 e. The Hall–Kier alpha value is -2.16. The van der Waals surface area contributed by atoms with E-state index in [4.69, 9.17) is 4.74 Å². The van der Waals surface area contributed by atoms with Crippen molar-refractivity contribution in [1.82, 2.24) is 19.6 Å². The lowest BCUT2D eigenvalue weighted by Gasteiger charge is -2.13. The largest absolute Gasteiger partial charge is 0.464 e. The standard InChI is InChI=1S/C16H22BrN5O3/c1-6-21-8-12(14(20-21)16(24)25-5)18-15(23)9(2)7-22-11(4)13(17)10(3)19-22/h8-9H,6-7H2,1-5H3,(H,18,23). The number of carbonyl (C=O) groups is 2. The summed E-state index contributed by atoms with van der Waals surface area (Å²) in [5.74, 6) is -1.15. The highest BCUT2D eigenvalue weighted by molar-refractivity contribution is 9.10. The van der Waals surface area contributed by atoms with Crippen molar-refractivity contribution >= 4 is 33.5 Å². The Kier molecular flexibility index (Phi) is 5.99. The van der Waals surface area contributed by atoms with Crippen LogP contribution >= 0.6 is 15.9 Å². The summed E-state index contributed by atoms with van der Waals surface area (Å²) in [6.07, 6.45) is 1.62. The van der Waals surface area contributed by atoms with Crippen LogP contribution in [0.1, 0.15) is 35.7 Å². The SMILES string of the molecule is CCn1cc(NC(=O)C(C)Cn2nc(C)c(Br)c2C)c(C(=O)OC)n1. The second-order valence-electron chi connectivity index (χ2n) is 5.80. The van der Waals surface area contributed by atoms with Gasteiger partial charge in [-0.3, -0.25) is 14.2 Å². The van der Waals surface area contributed by atoms with Crippen molar-refractivity contribution in [3.63, 3.8) is 0 Å². The molecule has 0 fully saturated rings. The van der Waals surface area contributed by atoms with Crippen LogP contribution in [0.5, 0.6) is 0 Å². The summed E-state index contributed by atoms with van der Waals surface area (Å²) >= 11 is 3.48. The number of ether oxygens (including phenoxy) is 1. The first kappa shape index (κ1) is 19.2. The minimum absolute atomic E-state index is 0.0961. The molecular weight excluding hydrogens is 390 g/mol. The molecule has 1 atom stereocenters. The number of carbonyl (C=O) groups excluding carboxylic acids is 2. The zero-order chi connectivity index (χ0) is 18.7. The van der Waals surface area contributed by atoms with E-state index in [0.29, 0.717) is 18.8 Å². The first-order valence-electron chi connectivity index (χ1n) is 7.94. The van der Waals surface area contributed by atoms with Gasteiger partial charge in [-0.25, -0.2) is 4.79 Å². The van der Waals surface area contributed by atoms with E-state index < -0.39 is 5.97 Å². The molecule has 25 heavy (non-hydrogen) atoms. The lowest BCUT2D eigenvalue weighted by atomic mass is 10.1. The molecule has 9 heteroatoms. The molecule has 0 saturated heterocycles. The molecule has 0 saturated carbocycles. The van der Waals surface area contributed by atoms with Gasteiger partial charge in [-0.05, 0) is 36.7 Å². The minimum atomic E-state index is -0.586. The average molecular weight is 412 g/mol. The average Bonchev–Trinajstić information content (AvgIpc) is 3.10. The van der Waals surface area contributed by atoms with Gasteiger partial charge in [0, 0.05) is 18.4 Å². The molecule has 2 aromatic heterocycles. The van der Waals surface area contributed by atoms with Gasteiger partial charge in [-0.15, -0.1) is 0 Å². The van der Waals surface area contributed by atoms with Gasteiger partial charge in [0.05, 0.1) is 35.4 Å². The van der Waals surface area contributed by atoms with Crippen molar-refractivity contribution in [3.8, 4) is 0 Å². The summed E-state index contributed by atoms with van der Waals surface area (Å²) in [6.45, 7) is 8.55. The van der Waals surface area contributed by atoms with E-state index in [9.17, 15) is 9.59 Å². The monoisotopic (exact) mass is 411 g/mol. The summed E-state index contributed by atoms with van der Waals surface area (Å²) < 4.78 is 9.03. The highest BCUT2D eigenvalue weighted by Gasteiger charge is 2.22. The maximum absolute atomic E-state index is 12.5. The van der Waals surface area contributed by atoms with Crippen LogP contribution in [0.3, 0.4) is 0 Å². The van der Waals surface area contributed by atoms with Crippen LogP contribution in [0.2, 0.25) is 0 Å². The molecule has 0 bridgehead atoms. The molecular formula is C16H22BrN5O3. The first-order valence-corrected chi connectivity index (χ1v) is 8.73. The molecule has 2 heterocycles. The summed E-state index contributed by atoms with van der Waals surface area (Å²) in [6, 6.07) is 0. The molecule has 1 amide bonds. The van der Waals surface area contributed by atoms with Gasteiger partial charge in [0.1, 0.15) is 0 Å². The Morgan fingerprint density at radius 2 is 2.04 bits per heavy atom.